The lowest BCUT2D eigenvalue weighted by atomic mass is 9.73. The predicted octanol–water partition coefficient (Wildman–Crippen LogP) is 2.63. The molecule has 0 aromatic rings. The Labute approximate surface area is 117 Å². The molecule has 0 atom stereocenters. The van der Waals surface area contributed by atoms with E-state index in [1.54, 1.807) is 0 Å². The van der Waals surface area contributed by atoms with E-state index in [-0.39, 0.29) is 17.1 Å². The van der Waals surface area contributed by atoms with Crippen molar-refractivity contribution in [2.75, 3.05) is 6.54 Å². The van der Waals surface area contributed by atoms with E-state index >= 15 is 0 Å². The van der Waals surface area contributed by atoms with Crippen molar-refractivity contribution in [2.45, 2.75) is 71.4 Å². The topological polar surface area (TPSA) is 67.1 Å². The Bertz CT molecular complexity index is 299. The molecule has 0 spiro atoms. The smallest absolute Gasteiger partial charge is 0.315 e. The molecule has 4 nitrogen and oxygen atoms in total. The molecule has 4 N–H and O–H groups in total. The van der Waals surface area contributed by atoms with Gasteiger partial charge < -0.3 is 16.4 Å². The lowest BCUT2D eigenvalue weighted by Gasteiger charge is -2.38. The zero-order chi connectivity index (χ0) is 14.7. The highest BCUT2D eigenvalue weighted by Gasteiger charge is 2.33. The predicted molar refractivity (Wildman–Crippen MR) is 80.0 cm³/mol. The van der Waals surface area contributed by atoms with Crippen molar-refractivity contribution in [3.63, 3.8) is 0 Å². The third-order valence-corrected chi connectivity index (χ3v) is 4.06. The van der Waals surface area contributed by atoms with Crippen molar-refractivity contribution in [3.05, 3.63) is 0 Å². The minimum atomic E-state index is -0.222. The molecular formula is C15H31N3O. The minimum Gasteiger partial charge on any atom is -0.336 e. The van der Waals surface area contributed by atoms with Gasteiger partial charge in [-0.3, -0.25) is 0 Å². The number of nitrogens with one attached hydrogen (secondary N) is 2. The van der Waals surface area contributed by atoms with E-state index in [1.165, 1.54) is 12.8 Å². The summed E-state index contributed by atoms with van der Waals surface area (Å²) in [5.74, 6) is 1.53. The molecule has 0 bridgehead atoms. The molecule has 19 heavy (non-hydrogen) atoms. The number of urea groups is 1. The zero-order valence-electron chi connectivity index (χ0n) is 13.2. The van der Waals surface area contributed by atoms with Gasteiger partial charge >= 0.3 is 6.03 Å². The first-order valence-corrected chi connectivity index (χ1v) is 7.46. The molecule has 1 aliphatic carbocycles. The maximum absolute atomic E-state index is 11.7. The number of amides is 2. The van der Waals surface area contributed by atoms with Crippen LogP contribution in [0.4, 0.5) is 4.79 Å². The van der Waals surface area contributed by atoms with Gasteiger partial charge in [0, 0.05) is 17.6 Å². The Morgan fingerprint density at radius 3 is 2.26 bits per heavy atom. The van der Waals surface area contributed by atoms with E-state index in [9.17, 15) is 4.79 Å². The van der Waals surface area contributed by atoms with Gasteiger partial charge in [-0.2, -0.15) is 0 Å². The van der Waals surface area contributed by atoms with Gasteiger partial charge in [-0.25, -0.2) is 4.79 Å². The normalized spacial score (nSPS) is 28.3. The average molecular weight is 269 g/mol. The summed E-state index contributed by atoms with van der Waals surface area (Å²) in [6, 6.07) is -0.122. The van der Waals surface area contributed by atoms with Crippen LogP contribution in [0.2, 0.25) is 0 Å². The molecule has 0 radical (unpaired) electrons. The van der Waals surface area contributed by atoms with Crippen LogP contribution in [-0.2, 0) is 0 Å². The lowest BCUT2D eigenvalue weighted by molar-refractivity contribution is 0.187. The molecule has 2 amide bonds. The van der Waals surface area contributed by atoms with Gasteiger partial charge in [0.2, 0.25) is 0 Å². The number of rotatable bonds is 3. The summed E-state index contributed by atoms with van der Waals surface area (Å²) >= 11 is 0. The molecule has 0 unspecified atom stereocenters. The van der Waals surface area contributed by atoms with E-state index in [1.807, 2.05) is 20.8 Å². The molecular weight excluding hydrogens is 238 g/mol. The monoisotopic (exact) mass is 269 g/mol. The number of nitrogens with two attached hydrogens (primary N) is 1. The summed E-state index contributed by atoms with van der Waals surface area (Å²) in [6.07, 6.45) is 4.37. The Kier molecular flexibility index (Phi) is 5.25. The van der Waals surface area contributed by atoms with E-state index in [0.717, 1.165) is 24.7 Å². The van der Waals surface area contributed by atoms with Gasteiger partial charge in [0.05, 0.1) is 0 Å². The molecule has 0 aliphatic heterocycles. The Balaban J connectivity index is 2.35. The summed E-state index contributed by atoms with van der Waals surface area (Å²) in [6.45, 7) is 11.0. The second-order valence-electron chi connectivity index (χ2n) is 7.50. The third-order valence-electron chi connectivity index (χ3n) is 4.06. The van der Waals surface area contributed by atoms with Gasteiger partial charge in [0.25, 0.3) is 0 Å². The molecule has 0 saturated heterocycles. The highest BCUT2D eigenvalue weighted by molar-refractivity contribution is 5.74. The maximum Gasteiger partial charge on any atom is 0.315 e. The van der Waals surface area contributed by atoms with E-state index in [0.29, 0.717) is 6.54 Å². The first kappa shape index (κ1) is 16.3. The molecule has 4 heteroatoms. The molecule has 1 aliphatic rings. The highest BCUT2D eigenvalue weighted by atomic mass is 16.2. The van der Waals surface area contributed by atoms with Gasteiger partial charge in [0.1, 0.15) is 0 Å². The number of carbonyl (C=O) groups is 1. The summed E-state index contributed by atoms with van der Waals surface area (Å²) in [5, 5.41) is 5.82. The maximum atomic E-state index is 11.7. The van der Waals surface area contributed by atoms with Gasteiger partial charge in [-0.05, 0) is 58.3 Å². The number of hydrogen-bond donors (Lipinski definition) is 3. The second-order valence-corrected chi connectivity index (χ2v) is 7.50. The van der Waals surface area contributed by atoms with Crippen LogP contribution in [0.1, 0.15) is 60.3 Å². The second kappa shape index (κ2) is 6.12. The van der Waals surface area contributed by atoms with Crippen molar-refractivity contribution < 1.29 is 4.79 Å². The number of hydrogen-bond acceptors (Lipinski definition) is 2. The van der Waals surface area contributed by atoms with Crippen molar-refractivity contribution >= 4 is 6.03 Å². The summed E-state index contributed by atoms with van der Waals surface area (Å²) < 4.78 is 0. The Morgan fingerprint density at radius 1 is 1.32 bits per heavy atom. The Morgan fingerprint density at radius 2 is 1.84 bits per heavy atom. The van der Waals surface area contributed by atoms with Crippen LogP contribution < -0.4 is 16.4 Å². The summed E-state index contributed by atoms with van der Waals surface area (Å²) in [5.41, 5.74) is 5.96. The quantitative estimate of drug-likeness (QED) is 0.737. The van der Waals surface area contributed by atoms with Crippen molar-refractivity contribution in [1.82, 2.24) is 10.6 Å². The van der Waals surface area contributed by atoms with Gasteiger partial charge in [-0.15, -0.1) is 0 Å². The number of carbonyl (C=O) groups excluding carboxylic acids is 1. The van der Waals surface area contributed by atoms with Crippen LogP contribution in [0.5, 0.6) is 0 Å². The average Bonchev–Trinajstić information content (AvgIpc) is 2.25. The fourth-order valence-electron chi connectivity index (χ4n) is 2.70. The lowest BCUT2D eigenvalue weighted by Crippen LogP contribution is -2.55. The van der Waals surface area contributed by atoms with E-state index in [2.05, 4.69) is 24.5 Å². The van der Waals surface area contributed by atoms with Crippen LogP contribution in [0, 0.1) is 11.8 Å². The highest BCUT2D eigenvalue weighted by Crippen LogP contribution is 2.34. The summed E-state index contributed by atoms with van der Waals surface area (Å²) in [7, 11) is 0. The minimum absolute atomic E-state index is 0.122. The van der Waals surface area contributed by atoms with Crippen molar-refractivity contribution in [3.8, 4) is 0 Å². The van der Waals surface area contributed by atoms with Gasteiger partial charge in [0.15, 0.2) is 0 Å². The largest absolute Gasteiger partial charge is 0.336 e. The first-order valence-electron chi connectivity index (χ1n) is 7.46. The zero-order valence-corrected chi connectivity index (χ0v) is 13.2. The molecule has 0 aromatic heterocycles. The van der Waals surface area contributed by atoms with E-state index < -0.39 is 0 Å². The molecule has 0 heterocycles. The van der Waals surface area contributed by atoms with Crippen LogP contribution in [0.25, 0.3) is 0 Å². The third kappa shape index (κ3) is 5.81. The van der Waals surface area contributed by atoms with Crippen molar-refractivity contribution in [1.29, 1.82) is 0 Å². The standard InChI is InChI=1S/C15H31N3O/c1-11(2)12-6-8-15(16,9-7-12)10-17-13(19)18-14(3,4)5/h11-12H,6-10,16H2,1-5H3,(H2,17,18,19). The fourth-order valence-corrected chi connectivity index (χ4v) is 2.70. The molecule has 1 fully saturated rings. The molecule has 0 aromatic carbocycles. The fraction of sp³-hybridized carbons (Fsp3) is 0.933. The summed E-state index contributed by atoms with van der Waals surface area (Å²) in [4.78, 5) is 11.7. The first-order chi connectivity index (χ1) is 8.61. The SMILES string of the molecule is CC(C)C1CCC(N)(CNC(=O)NC(C)(C)C)CC1. The van der Waals surface area contributed by atoms with Crippen LogP contribution in [0.3, 0.4) is 0 Å². The van der Waals surface area contributed by atoms with Crippen LogP contribution in [-0.4, -0.2) is 23.7 Å². The van der Waals surface area contributed by atoms with Crippen LogP contribution in [0.15, 0.2) is 0 Å². The molecule has 1 saturated carbocycles. The molecule has 112 valence electrons. The molecule has 1 rings (SSSR count). The Hall–Kier alpha value is -0.770. The van der Waals surface area contributed by atoms with E-state index in [4.69, 9.17) is 5.73 Å². The van der Waals surface area contributed by atoms with Crippen LogP contribution >= 0.6 is 0 Å². The van der Waals surface area contributed by atoms with Gasteiger partial charge in [-0.1, -0.05) is 13.8 Å². The van der Waals surface area contributed by atoms with Crippen molar-refractivity contribution in [2.24, 2.45) is 17.6 Å².